The number of hydrogen-bond acceptors (Lipinski definition) is 3. The zero-order valence-electron chi connectivity index (χ0n) is 8.57. The van der Waals surface area contributed by atoms with E-state index in [0.717, 1.165) is 5.56 Å². The molecule has 0 bridgehead atoms. The van der Waals surface area contributed by atoms with Crippen molar-refractivity contribution in [3.63, 3.8) is 0 Å². The van der Waals surface area contributed by atoms with Gasteiger partial charge in [0.05, 0.1) is 13.2 Å². The van der Waals surface area contributed by atoms with Crippen LogP contribution in [0.5, 0.6) is 5.75 Å². The van der Waals surface area contributed by atoms with Gasteiger partial charge in [-0.25, -0.2) is 4.39 Å². The summed E-state index contributed by atoms with van der Waals surface area (Å²) in [4.78, 5) is 0. The summed E-state index contributed by atoms with van der Waals surface area (Å²) in [5, 5.41) is 0. The van der Waals surface area contributed by atoms with Gasteiger partial charge >= 0.3 is 0 Å². The number of benzene rings is 1. The van der Waals surface area contributed by atoms with Gasteiger partial charge in [-0.3, -0.25) is 0 Å². The molecule has 1 aliphatic rings. The van der Waals surface area contributed by atoms with Crippen LogP contribution in [-0.4, -0.2) is 19.3 Å². The zero-order chi connectivity index (χ0) is 10.8. The van der Waals surface area contributed by atoms with E-state index in [1.807, 2.05) is 6.92 Å². The minimum Gasteiger partial charge on any atom is -0.483 e. The van der Waals surface area contributed by atoms with Crippen molar-refractivity contribution in [2.24, 2.45) is 5.73 Å². The number of rotatable bonds is 3. The minimum atomic E-state index is -0.364. The van der Waals surface area contributed by atoms with Gasteiger partial charge in [0.1, 0.15) is 6.10 Å². The molecule has 0 unspecified atom stereocenters. The lowest BCUT2D eigenvalue weighted by molar-refractivity contribution is -0.0809. The second kappa shape index (κ2) is 4.16. The van der Waals surface area contributed by atoms with Crippen LogP contribution in [-0.2, 0) is 4.74 Å². The van der Waals surface area contributed by atoms with Crippen molar-refractivity contribution in [1.82, 2.24) is 0 Å². The lowest BCUT2D eigenvalue weighted by Crippen LogP contribution is -2.38. The maximum absolute atomic E-state index is 13.5. The van der Waals surface area contributed by atoms with E-state index in [0.29, 0.717) is 13.2 Å². The van der Waals surface area contributed by atoms with Crippen LogP contribution in [0, 0.1) is 5.82 Å². The lowest BCUT2D eigenvalue weighted by atomic mass is 10.1. The summed E-state index contributed by atoms with van der Waals surface area (Å²) in [6.07, 6.45) is -0.0133. The fourth-order valence-electron chi connectivity index (χ4n) is 1.36. The molecule has 82 valence electrons. The molecule has 1 heterocycles. The fraction of sp³-hybridized carbons (Fsp3) is 0.455. The smallest absolute Gasteiger partial charge is 0.165 e. The largest absolute Gasteiger partial charge is 0.483 e. The second-order valence-electron chi connectivity index (χ2n) is 3.76. The van der Waals surface area contributed by atoms with Crippen molar-refractivity contribution in [3.8, 4) is 5.75 Å². The van der Waals surface area contributed by atoms with Crippen LogP contribution in [0.15, 0.2) is 18.2 Å². The summed E-state index contributed by atoms with van der Waals surface area (Å²) in [6.45, 7) is 2.89. The molecule has 0 radical (unpaired) electrons. The summed E-state index contributed by atoms with van der Waals surface area (Å²) in [6, 6.07) is 4.65. The molecule has 0 amide bonds. The summed E-state index contributed by atoms with van der Waals surface area (Å²) in [7, 11) is 0. The molecular formula is C11H14FNO2. The third kappa shape index (κ3) is 2.27. The number of hydrogen-bond donors (Lipinski definition) is 1. The Hall–Kier alpha value is -1.13. The Labute approximate surface area is 88.0 Å². The average molecular weight is 211 g/mol. The maximum atomic E-state index is 13.5. The topological polar surface area (TPSA) is 44.5 Å². The van der Waals surface area contributed by atoms with Crippen molar-refractivity contribution in [1.29, 1.82) is 0 Å². The molecule has 1 aromatic rings. The van der Waals surface area contributed by atoms with E-state index in [1.54, 1.807) is 12.1 Å². The van der Waals surface area contributed by atoms with Crippen molar-refractivity contribution < 1.29 is 13.9 Å². The number of halogens is 1. The highest BCUT2D eigenvalue weighted by molar-refractivity contribution is 5.31. The molecule has 0 aliphatic carbocycles. The predicted molar refractivity (Wildman–Crippen MR) is 54.2 cm³/mol. The van der Waals surface area contributed by atoms with Crippen LogP contribution in [0.25, 0.3) is 0 Å². The Morgan fingerprint density at radius 1 is 1.53 bits per heavy atom. The van der Waals surface area contributed by atoms with Crippen LogP contribution in [0.3, 0.4) is 0 Å². The third-order valence-electron chi connectivity index (χ3n) is 2.38. The predicted octanol–water partition coefficient (Wildman–Crippen LogP) is 1.62. The van der Waals surface area contributed by atoms with Gasteiger partial charge in [0.25, 0.3) is 0 Å². The Morgan fingerprint density at radius 2 is 2.27 bits per heavy atom. The third-order valence-corrected chi connectivity index (χ3v) is 2.38. The molecule has 0 aromatic heterocycles. The first kappa shape index (κ1) is 10.4. The normalized spacial score (nSPS) is 18.3. The molecule has 15 heavy (non-hydrogen) atoms. The van der Waals surface area contributed by atoms with E-state index in [-0.39, 0.29) is 23.7 Å². The highest BCUT2D eigenvalue weighted by Gasteiger charge is 2.21. The molecule has 0 spiro atoms. The van der Waals surface area contributed by atoms with Crippen molar-refractivity contribution in [2.75, 3.05) is 13.2 Å². The van der Waals surface area contributed by atoms with E-state index in [1.165, 1.54) is 6.07 Å². The monoisotopic (exact) mass is 211 g/mol. The molecule has 1 fully saturated rings. The fourth-order valence-corrected chi connectivity index (χ4v) is 1.36. The van der Waals surface area contributed by atoms with Gasteiger partial charge in [0, 0.05) is 6.04 Å². The molecule has 1 saturated heterocycles. The maximum Gasteiger partial charge on any atom is 0.165 e. The highest BCUT2D eigenvalue weighted by atomic mass is 19.1. The van der Waals surface area contributed by atoms with E-state index >= 15 is 0 Å². The lowest BCUT2D eigenvalue weighted by Gasteiger charge is -2.27. The van der Waals surface area contributed by atoms with Crippen LogP contribution in [0.1, 0.15) is 18.5 Å². The molecule has 4 heteroatoms. The van der Waals surface area contributed by atoms with Gasteiger partial charge in [-0.05, 0) is 24.6 Å². The first-order valence-electron chi connectivity index (χ1n) is 4.96. The molecule has 1 aliphatic heterocycles. The summed E-state index contributed by atoms with van der Waals surface area (Å²) in [5.74, 6) is -0.0931. The van der Waals surface area contributed by atoms with Crippen LogP contribution in [0.4, 0.5) is 4.39 Å². The molecule has 1 aromatic carbocycles. The Balaban J connectivity index is 2.11. The zero-order valence-corrected chi connectivity index (χ0v) is 8.57. The van der Waals surface area contributed by atoms with Crippen molar-refractivity contribution in [3.05, 3.63) is 29.6 Å². The van der Waals surface area contributed by atoms with E-state index in [4.69, 9.17) is 15.2 Å². The van der Waals surface area contributed by atoms with Crippen molar-refractivity contribution in [2.45, 2.75) is 19.1 Å². The molecule has 1 atom stereocenters. The first-order valence-corrected chi connectivity index (χ1v) is 4.96. The quantitative estimate of drug-likeness (QED) is 0.826. The minimum absolute atomic E-state index is 0.0133. The summed E-state index contributed by atoms with van der Waals surface area (Å²) < 4.78 is 23.8. The van der Waals surface area contributed by atoms with Gasteiger partial charge in [0.2, 0.25) is 0 Å². The van der Waals surface area contributed by atoms with E-state index in [9.17, 15) is 4.39 Å². The van der Waals surface area contributed by atoms with E-state index < -0.39 is 0 Å². The Kier molecular flexibility index (Phi) is 2.88. The van der Waals surface area contributed by atoms with Crippen LogP contribution >= 0.6 is 0 Å². The van der Waals surface area contributed by atoms with Gasteiger partial charge in [-0.15, -0.1) is 0 Å². The summed E-state index contributed by atoms with van der Waals surface area (Å²) >= 11 is 0. The Morgan fingerprint density at radius 3 is 2.73 bits per heavy atom. The van der Waals surface area contributed by atoms with Gasteiger partial charge < -0.3 is 15.2 Å². The number of nitrogens with two attached hydrogens (primary N) is 1. The number of ether oxygens (including phenoxy) is 2. The van der Waals surface area contributed by atoms with Crippen LogP contribution < -0.4 is 10.5 Å². The van der Waals surface area contributed by atoms with Gasteiger partial charge in [-0.1, -0.05) is 6.07 Å². The summed E-state index contributed by atoms with van der Waals surface area (Å²) in [5.41, 5.74) is 6.41. The van der Waals surface area contributed by atoms with E-state index in [2.05, 4.69) is 0 Å². The van der Waals surface area contributed by atoms with Gasteiger partial charge in [-0.2, -0.15) is 0 Å². The molecule has 2 rings (SSSR count). The SMILES string of the molecule is C[C@H](N)c1ccc(OC2COC2)c(F)c1. The van der Waals surface area contributed by atoms with Crippen LogP contribution in [0.2, 0.25) is 0 Å². The Bertz CT molecular complexity index is 350. The highest BCUT2D eigenvalue weighted by Crippen LogP contribution is 2.23. The molecule has 2 N–H and O–H groups in total. The average Bonchev–Trinajstić information content (AvgIpc) is 2.12. The molecule has 3 nitrogen and oxygen atoms in total. The first-order chi connectivity index (χ1) is 7.16. The second-order valence-corrected chi connectivity index (χ2v) is 3.76. The molecular weight excluding hydrogens is 197 g/mol. The van der Waals surface area contributed by atoms with Crippen molar-refractivity contribution >= 4 is 0 Å². The van der Waals surface area contributed by atoms with Gasteiger partial charge in [0.15, 0.2) is 11.6 Å². The molecule has 0 saturated carbocycles. The standard InChI is InChI=1S/C11H14FNO2/c1-7(13)8-2-3-11(10(12)4-8)15-9-5-14-6-9/h2-4,7,9H,5-6,13H2,1H3/t7-/m0/s1.